The molecule has 3 heteroatoms. The number of Topliss-reactive ketones (excluding diaryl/α,β-unsaturated/α-hetero) is 1. The Labute approximate surface area is 148 Å². The third-order valence-corrected chi connectivity index (χ3v) is 6.39. The summed E-state index contributed by atoms with van der Waals surface area (Å²) in [5, 5.41) is 9.62. The number of thiophene rings is 1. The van der Waals surface area contributed by atoms with Gasteiger partial charge in [0.15, 0.2) is 5.78 Å². The van der Waals surface area contributed by atoms with Crippen molar-refractivity contribution in [3.8, 4) is 5.75 Å². The quantitative estimate of drug-likeness (QED) is 0.737. The summed E-state index contributed by atoms with van der Waals surface area (Å²) in [4.78, 5) is 15.2. The van der Waals surface area contributed by atoms with Gasteiger partial charge >= 0.3 is 0 Å². The standard InChI is InChI=1S/C21H26O2S/c1-12-9-14(3)20-15(4)24-21(17(20)10-12)19(23)8-6-16-5-7-18(22)13(2)11-16/h5,7,11-12,14,22H,6,8-10H2,1-4H3/t12?,14-/m0/s1. The molecule has 3 rings (SSSR count). The summed E-state index contributed by atoms with van der Waals surface area (Å²) >= 11 is 1.70. The van der Waals surface area contributed by atoms with Gasteiger partial charge in [0.1, 0.15) is 5.75 Å². The molecule has 2 aromatic rings. The van der Waals surface area contributed by atoms with Gasteiger partial charge in [-0.1, -0.05) is 26.0 Å². The van der Waals surface area contributed by atoms with Crippen LogP contribution >= 0.6 is 11.3 Å². The highest BCUT2D eigenvalue weighted by Crippen LogP contribution is 2.42. The lowest BCUT2D eigenvalue weighted by molar-refractivity contribution is 0.0985. The maximum atomic E-state index is 12.8. The molecule has 0 amide bonds. The zero-order valence-corrected chi connectivity index (χ0v) is 15.8. The Kier molecular flexibility index (Phi) is 4.82. The van der Waals surface area contributed by atoms with Crippen LogP contribution in [0.1, 0.15) is 69.4 Å². The molecule has 0 saturated carbocycles. The van der Waals surface area contributed by atoms with Crippen LogP contribution in [-0.4, -0.2) is 10.9 Å². The van der Waals surface area contributed by atoms with Crippen LogP contribution in [0.2, 0.25) is 0 Å². The number of fused-ring (bicyclic) bond motifs is 1. The molecule has 0 bridgehead atoms. The molecule has 0 saturated heterocycles. The molecule has 2 atom stereocenters. The number of carbonyl (C=O) groups excluding carboxylic acids is 1. The van der Waals surface area contributed by atoms with Gasteiger partial charge < -0.3 is 5.11 Å². The number of benzene rings is 1. The minimum Gasteiger partial charge on any atom is -0.508 e. The van der Waals surface area contributed by atoms with Crippen LogP contribution in [0.4, 0.5) is 0 Å². The van der Waals surface area contributed by atoms with Crippen molar-refractivity contribution in [2.45, 2.75) is 59.3 Å². The monoisotopic (exact) mass is 342 g/mol. The molecule has 1 heterocycles. The fourth-order valence-electron chi connectivity index (χ4n) is 4.07. The molecule has 1 aromatic heterocycles. The zero-order chi connectivity index (χ0) is 17.4. The molecule has 0 fully saturated rings. The van der Waals surface area contributed by atoms with Crippen LogP contribution in [-0.2, 0) is 12.8 Å². The molecule has 1 aliphatic rings. The van der Waals surface area contributed by atoms with Gasteiger partial charge in [-0.3, -0.25) is 4.79 Å². The molecule has 128 valence electrons. The van der Waals surface area contributed by atoms with Crippen LogP contribution in [0.25, 0.3) is 0 Å². The largest absolute Gasteiger partial charge is 0.508 e. The second-order valence-electron chi connectivity index (χ2n) is 7.37. The maximum Gasteiger partial charge on any atom is 0.173 e. The van der Waals surface area contributed by atoms with E-state index in [1.807, 2.05) is 19.1 Å². The first-order valence-electron chi connectivity index (χ1n) is 8.80. The Bertz CT molecular complexity index is 772. The van der Waals surface area contributed by atoms with E-state index in [0.717, 1.165) is 28.8 Å². The van der Waals surface area contributed by atoms with Gasteiger partial charge in [0.05, 0.1) is 4.88 Å². The Morgan fingerprint density at radius 1 is 1.29 bits per heavy atom. The van der Waals surface area contributed by atoms with Crippen molar-refractivity contribution < 1.29 is 9.90 Å². The number of ketones is 1. The minimum atomic E-state index is 0.274. The lowest BCUT2D eigenvalue weighted by atomic mass is 9.78. The van der Waals surface area contributed by atoms with E-state index in [-0.39, 0.29) is 5.78 Å². The van der Waals surface area contributed by atoms with Crippen LogP contribution < -0.4 is 0 Å². The van der Waals surface area contributed by atoms with Crippen molar-refractivity contribution in [1.29, 1.82) is 0 Å². The number of carbonyl (C=O) groups is 1. The fraction of sp³-hybridized carbons (Fsp3) is 0.476. The van der Waals surface area contributed by atoms with Gasteiger partial charge in [-0.25, -0.2) is 0 Å². The van der Waals surface area contributed by atoms with Crippen LogP contribution in [0.5, 0.6) is 5.75 Å². The summed E-state index contributed by atoms with van der Waals surface area (Å²) in [7, 11) is 0. The second kappa shape index (κ2) is 6.72. The third kappa shape index (κ3) is 3.27. The van der Waals surface area contributed by atoms with E-state index in [1.165, 1.54) is 22.4 Å². The average molecular weight is 343 g/mol. The molecule has 0 aliphatic heterocycles. The SMILES string of the molecule is Cc1cc(CCC(=O)c2sc(C)c3c2CC(C)C[C@@H]3C)ccc1O. The van der Waals surface area contributed by atoms with Crippen LogP contribution in [0.15, 0.2) is 18.2 Å². The summed E-state index contributed by atoms with van der Waals surface area (Å²) in [6.07, 6.45) is 3.55. The lowest BCUT2D eigenvalue weighted by Crippen LogP contribution is -2.16. The number of phenols is 1. The molecule has 1 aliphatic carbocycles. The van der Waals surface area contributed by atoms with E-state index in [9.17, 15) is 9.90 Å². The smallest absolute Gasteiger partial charge is 0.173 e. The molecule has 1 N–H and O–H groups in total. The Morgan fingerprint density at radius 3 is 2.75 bits per heavy atom. The molecule has 2 nitrogen and oxygen atoms in total. The first-order valence-corrected chi connectivity index (χ1v) is 9.62. The van der Waals surface area contributed by atoms with Crippen molar-refractivity contribution >= 4 is 17.1 Å². The van der Waals surface area contributed by atoms with E-state index in [2.05, 4.69) is 20.8 Å². The van der Waals surface area contributed by atoms with Crippen molar-refractivity contribution in [3.63, 3.8) is 0 Å². The van der Waals surface area contributed by atoms with E-state index < -0.39 is 0 Å². The molecule has 1 aromatic carbocycles. The molecule has 1 unspecified atom stereocenters. The van der Waals surface area contributed by atoms with Gasteiger partial charge in [-0.15, -0.1) is 11.3 Å². The predicted molar refractivity (Wildman–Crippen MR) is 100 cm³/mol. The second-order valence-corrected chi connectivity index (χ2v) is 8.59. The topological polar surface area (TPSA) is 37.3 Å². The van der Waals surface area contributed by atoms with E-state index in [4.69, 9.17) is 0 Å². The number of rotatable bonds is 4. The summed E-state index contributed by atoms with van der Waals surface area (Å²) in [5.74, 6) is 1.82. The Morgan fingerprint density at radius 2 is 2.04 bits per heavy atom. The van der Waals surface area contributed by atoms with Crippen molar-refractivity contribution in [2.24, 2.45) is 5.92 Å². The highest BCUT2D eigenvalue weighted by molar-refractivity contribution is 7.14. The number of hydrogen-bond donors (Lipinski definition) is 1. The Balaban J connectivity index is 1.78. The molecule has 0 radical (unpaired) electrons. The molecule has 0 spiro atoms. The van der Waals surface area contributed by atoms with Gasteiger partial charge in [0.2, 0.25) is 0 Å². The fourth-order valence-corrected chi connectivity index (χ4v) is 5.35. The number of aryl methyl sites for hydroxylation is 3. The number of aromatic hydroxyl groups is 1. The summed E-state index contributed by atoms with van der Waals surface area (Å²) in [5.41, 5.74) is 4.76. The van der Waals surface area contributed by atoms with Gasteiger partial charge in [-0.05, 0) is 73.3 Å². The van der Waals surface area contributed by atoms with Gasteiger partial charge in [0, 0.05) is 11.3 Å². The van der Waals surface area contributed by atoms with Crippen LogP contribution in [0, 0.1) is 19.8 Å². The molecular formula is C21H26O2S. The normalized spacial score (nSPS) is 20.0. The summed E-state index contributed by atoms with van der Waals surface area (Å²) < 4.78 is 0. The minimum absolute atomic E-state index is 0.274. The van der Waals surface area contributed by atoms with Gasteiger partial charge in [-0.2, -0.15) is 0 Å². The first kappa shape index (κ1) is 17.2. The molecular weight excluding hydrogens is 316 g/mol. The lowest BCUT2D eigenvalue weighted by Gasteiger charge is -2.26. The number of phenolic OH excluding ortho intramolecular Hbond substituents is 1. The predicted octanol–water partition coefficient (Wildman–Crippen LogP) is 5.57. The van der Waals surface area contributed by atoms with Crippen molar-refractivity contribution in [2.75, 3.05) is 0 Å². The zero-order valence-electron chi connectivity index (χ0n) is 15.0. The van der Waals surface area contributed by atoms with Gasteiger partial charge in [0.25, 0.3) is 0 Å². The van der Waals surface area contributed by atoms with Crippen LogP contribution in [0.3, 0.4) is 0 Å². The highest BCUT2D eigenvalue weighted by Gasteiger charge is 2.29. The van der Waals surface area contributed by atoms with Crippen molar-refractivity contribution in [1.82, 2.24) is 0 Å². The summed E-state index contributed by atoms with van der Waals surface area (Å²) in [6.45, 7) is 8.64. The molecule has 24 heavy (non-hydrogen) atoms. The average Bonchev–Trinajstić information content (AvgIpc) is 2.85. The third-order valence-electron chi connectivity index (χ3n) is 5.19. The van der Waals surface area contributed by atoms with Crippen molar-refractivity contribution in [3.05, 3.63) is 50.2 Å². The first-order chi connectivity index (χ1) is 11.4. The highest BCUT2D eigenvalue weighted by atomic mass is 32.1. The Hall–Kier alpha value is -1.61. The van der Waals surface area contributed by atoms with E-state index in [1.54, 1.807) is 17.4 Å². The maximum absolute atomic E-state index is 12.8. The van der Waals surface area contributed by atoms with E-state index in [0.29, 0.717) is 24.0 Å². The number of hydrogen-bond acceptors (Lipinski definition) is 3. The summed E-state index contributed by atoms with van der Waals surface area (Å²) in [6, 6.07) is 5.60. The van der Waals surface area contributed by atoms with E-state index >= 15 is 0 Å².